The van der Waals surface area contributed by atoms with E-state index < -0.39 is 0 Å². The van der Waals surface area contributed by atoms with Gasteiger partial charge in [0.05, 0.1) is 0 Å². The first-order chi connectivity index (χ1) is 10.3. The highest BCUT2D eigenvalue weighted by Crippen LogP contribution is 2.29. The van der Waals surface area contributed by atoms with Gasteiger partial charge in [0.25, 0.3) is 0 Å². The second-order valence-corrected chi connectivity index (χ2v) is 6.38. The van der Waals surface area contributed by atoms with Crippen LogP contribution in [0.5, 0.6) is 0 Å². The van der Waals surface area contributed by atoms with Crippen molar-refractivity contribution < 1.29 is 4.74 Å². The molecular weight excluding hydrogens is 262 g/mol. The molecule has 2 aliphatic rings. The van der Waals surface area contributed by atoms with Crippen LogP contribution in [-0.4, -0.2) is 49.8 Å². The summed E-state index contributed by atoms with van der Waals surface area (Å²) in [6, 6.07) is 4.39. The summed E-state index contributed by atoms with van der Waals surface area (Å²) in [5, 5.41) is 3.14. The Morgan fingerprint density at radius 1 is 1.33 bits per heavy atom. The first-order valence-electron chi connectivity index (χ1n) is 8.29. The molecule has 0 aromatic carbocycles. The van der Waals surface area contributed by atoms with Crippen molar-refractivity contribution in [3.8, 4) is 0 Å². The quantitative estimate of drug-likeness (QED) is 0.925. The Labute approximate surface area is 127 Å². The van der Waals surface area contributed by atoms with Crippen molar-refractivity contribution in [2.45, 2.75) is 31.6 Å². The van der Waals surface area contributed by atoms with Crippen LogP contribution in [0.1, 0.15) is 37.2 Å². The molecule has 0 bridgehead atoms. The summed E-state index contributed by atoms with van der Waals surface area (Å²) in [4.78, 5) is 7.00. The lowest BCUT2D eigenvalue weighted by Crippen LogP contribution is -2.39. The Hall–Kier alpha value is -1.13. The molecule has 1 unspecified atom stereocenters. The van der Waals surface area contributed by atoms with Crippen molar-refractivity contribution in [1.82, 2.24) is 9.88 Å². The Morgan fingerprint density at radius 3 is 3.00 bits per heavy atom. The summed E-state index contributed by atoms with van der Waals surface area (Å²) in [5.74, 6) is 2.48. The van der Waals surface area contributed by atoms with E-state index in [9.17, 15) is 0 Å². The summed E-state index contributed by atoms with van der Waals surface area (Å²) < 4.78 is 5.47. The minimum Gasteiger partial charge on any atom is -0.381 e. The smallest absolute Gasteiger partial charge is 0.125 e. The molecule has 4 heteroatoms. The molecule has 1 atom stereocenters. The van der Waals surface area contributed by atoms with Crippen molar-refractivity contribution in [1.29, 1.82) is 0 Å². The molecule has 2 saturated heterocycles. The fourth-order valence-corrected chi connectivity index (χ4v) is 3.63. The number of nitrogens with zero attached hydrogens (tertiary/aromatic N) is 2. The zero-order valence-corrected chi connectivity index (χ0v) is 13.1. The van der Waals surface area contributed by atoms with Gasteiger partial charge in [0, 0.05) is 39.5 Å². The minimum absolute atomic E-state index is 0.661. The van der Waals surface area contributed by atoms with Crippen LogP contribution in [0.25, 0.3) is 0 Å². The van der Waals surface area contributed by atoms with E-state index in [1.54, 1.807) is 0 Å². The highest BCUT2D eigenvalue weighted by molar-refractivity contribution is 5.38. The lowest BCUT2D eigenvalue weighted by Gasteiger charge is -2.36. The van der Waals surface area contributed by atoms with Crippen molar-refractivity contribution in [3.63, 3.8) is 0 Å². The number of ether oxygens (including phenoxy) is 1. The molecule has 21 heavy (non-hydrogen) atoms. The zero-order chi connectivity index (χ0) is 14.5. The highest BCUT2D eigenvalue weighted by Gasteiger charge is 2.24. The predicted molar refractivity (Wildman–Crippen MR) is 85.7 cm³/mol. The van der Waals surface area contributed by atoms with E-state index in [4.69, 9.17) is 4.74 Å². The van der Waals surface area contributed by atoms with Crippen LogP contribution in [0.3, 0.4) is 0 Å². The van der Waals surface area contributed by atoms with Gasteiger partial charge in [-0.25, -0.2) is 4.98 Å². The second-order valence-electron chi connectivity index (χ2n) is 6.38. The van der Waals surface area contributed by atoms with Gasteiger partial charge in [-0.05, 0) is 61.8 Å². The molecule has 4 nitrogen and oxygen atoms in total. The van der Waals surface area contributed by atoms with Gasteiger partial charge in [0.1, 0.15) is 5.82 Å². The van der Waals surface area contributed by atoms with Crippen molar-refractivity contribution in [3.05, 3.63) is 23.9 Å². The van der Waals surface area contributed by atoms with Gasteiger partial charge in [-0.15, -0.1) is 0 Å². The topological polar surface area (TPSA) is 37.4 Å². The zero-order valence-electron chi connectivity index (χ0n) is 13.1. The third-order valence-electron chi connectivity index (χ3n) is 4.87. The van der Waals surface area contributed by atoms with Crippen LogP contribution < -0.4 is 5.32 Å². The number of nitrogens with one attached hydrogen (secondary N) is 1. The highest BCUT2D eigenvalue weighted by atomic mass is 16.5. The molecule has 0 amide bonds. The van der Waals surface area contributed by atoms with E-state index in [2.05, 4.69) is 27.3 Å². The first kappa shape index (κ1) is 14.8. The van der Waals surface area contributed by atoms with Crippen LogP contribution in [0, 0.1) is 5.92 Å². The molecule has 0 saturated carbocycles. The molecule has 0 spiro atoms. The number of aromatic nitrogens is 1. The van der Waals surface area contributed by atoms with Gasteiger partial charge in [0.15, 0.2) is 0 Å². The van der Waals surface area contributed by atoms with Crippen molar-refractivity contribution >= 4 is 5.82 Å². The molecule has 0 radical (unpaired) electrons. The SMILES string of the molecule is CNc1cc(C2CCCN(CC3CCOCC3)C2)ccn1. The van der Waals surface area contributed by atoms with Gasteiger partial charge in [-0.2, -0.15) is 0 Å². The third-order valence-corrected chi connectivity index (χ3v) is 4.87. The molecular formula is C17H27N3O. The summed E-state index contributed by atoms with van der Waals surface area (Å²) >= 11 is 0. The maximum atomic E-state index is 5.47. The maximum Gasteiger partial charge on any atom is 0.125 e. The van der Waals surface area contributed by atoms with E-state index in [0.717, 1.165) is 24.9 Å². The number of hydrogen-bond donors (Lipinski definition) is 1. The van der Waals surface area contributed by atoms with E-state index in [1.807, 2.05) is 13.2 Å². The van der Waals surface area contributed by atoms with Gasteiger partial charge in [0.2, 0.25) is 0 Å². The fourth-order valence-electron chi connectivity index (χ4n) is 3.63. The molecule has 0 aliphatic carbocycles. The number of hydrogen-bond acceptors (Lipinski definition) is 4. The third kappa shape index (κ3) is 3.95. The largest absolute Gasteiger partial charge is 0.381 e. The minimum atomic E-state index is 0.661. The second kappa shape index (κ2) is 7.23. The molecule has 1 aromatic heterocycles. The molecule has 3 heterocycles. The summed E-state index contributed by atoms with van der Waals surface area (Å²) in [5.41, 5.74) is 1.44. The maximum absolute atomic E-state index is 5.47. The van der Waals surface area contributed by atoms with E-state index in [-0.39, 0.29) is 0 Å². The molecule has 1 N–H and O–H groups in total. The number of rotatable bonds is 4. The van der Waals surface area contributed by atoms with Crippen LogP contribution in [0.4, 0.5) is 5.82 Å². The van der Waals surface area contributed by atoms with Crippen LogP contribution in [0.15, 0.2) is 18.3 Å². The Bertz CT molecular complexity index is 445. The average Bonchev–Trinajstić information content (AvgIpc) is 2.56. The lowest BCUT2D eigenvalue weighted by molar-refractivity contribution is 0.0483. The molecule has 2 aliphatic heterocycles. The lowest BCUT2D eigenvalue weighted by atomic mass is 9.90. The normalized spacial score (nSPS) is 24.9. The number of likely N-dealkylation sites (tertiary alicyclic amines) is 1. The van der Waals surface area contributed by atoms with Crippen LogP contribution >= 0.6 is 0 Å². The van der Waals surface area contributed by atoms with Crippen molar-refractivity contribution in [2.24, 2.45) is 5.92 Å². The fraction of sp³-hybridized carbons (Fsp3) is 0.706. The van der Waals surface area contributed by atoms with E-state index in [0.29, 0.717) is 5.92 Å². The Balaban J connectivity index is 1.59. The molecule has 2 fully saturated rings. The first-order valence-corrected chi connectivity index (χ1v) is 8.29. The summed E-state index contributed by atoms with van der Waals surface area (Å²) in [7, 11) is 1.93. The molecule has 3 rings (SSSR count). The molecule has 1 aromatic rings. The Kier molecular flexibility index (Phi) is 5.09. The van der Waals surface area contributed by atoms with Gasteiger partial charge < -0.3 is 15.0 Å². The van der Waals surface area contributed by atoms with E-state index >= 15 is 0 Å². The Morgan fingerprint density at radius 2 is 2.19 bits per heavy atom. The average molecular weight is 289 g/mol. The monoisotopic (exact) mass is 289 g/mol. The van der Waals surface area contributed by atoms with Gasteiger partial charge in [-0.3, -0.25) is 0 Å². The van der Waals surface area contributed by atoms with Gasteiger partial charge >= 0.3 is 0 Å². The standard InChI is InChI=1S/C17H27N3O/c1-18-17-11-15(4-7-19-17)16-3-2-8-20(13-16)12-14-5-9-21-10-6-14/h4,7,11,14,16H,2-3,5-6,8-10,12-13H2,1H3,(H,18,19). The van der Waals surface area contributed by atoms with E-state index in [1.165, 1.54) is 50.9 Å². The summed E-state index contributed by atoms with van der Waals surface area (Å²) in [6.45, 7) is 5.63. The molecule has 116 valence electrons. The van der Waals surface area contributed by atoms with Crippen molar-refractivity contribution in [2.75, 3.05) is 45.2 Å². The summed E-state index contributed by atoms with van der Waals surface area (Å²) in [6.07, 6.45) is 7.02. The van der Waals surface area contributed by atoms with Crippen LogP contribution in [-0.2, 0) is 4.74 Å². The van der Waals surface area contributed by atoms with Gasteiger partial charge in [-0.1, -0.05) is 0 Å². The predicted octanol–water partition coefficient (Wildman–Crippen LogP) is 2.73. The number of anilines is 1. The number of pyridine rings is 1. The van der Waals surface area contributed by atoms with Crippen LogP contribution in [0.2, 0.25) is 0 Å². The number of piperidine rings is 1.